The van der Waals surface area contributed by atoms with Gasteiger partial charge < -0.3 is 10.1 Å². The second kappa shape index (κ2) is 3.58. The summed E-state index contributed by atoms with van der Waals surface area (Å²) in [5.74, 6) is 1.82. The van der Waals surface area contributed by atoms with E-state index in [0.717, 1.165) is 18.4 Å². The van der Waals surface area contributed by atoms with E-state index in [4.69, 9.17) is 4.74 Å². The fourth-order valence-corrected chi connectivity index (χ4v) is 2.76. The van der Waals surface area contributed by atoms with Crippen LogP contribution in [0.1, 0.15) is 33.1 Å². The molecule has 0 amide bonds. The van der Waals surface area contributed by atoms with E-state index in [0.29, 0.717) is 0 Å². The standard InChI is InChI=1S/C11H21NO/c1-11(2)7-9(4-6-13-11)10-3-5-12-8-10/h9-10,12H,3-8H2,1-2H3. The van der Waals surface area contributed by atoms with Crippen LogP contribution in [0.15, 0.2) is 0 Å². The van der Waals surface area contributed by atoms with E-state index in [1.165, 1.54) is 32.4 Å². The van der Waals surface area contributed by atoms with Crippen molar-refractivity contribution in [2.45, 2.75) is 38.7 Å². The average molecular weight is 183 g/mol. The Labute approximate surface area is 81.0 Å². The highest BCUT2D eigenvalue weighted by Gasteiger charge is 2.34. The molecule has 1 N–H and O–H groups in total. The summed E-state index contributed by atoms with van der Waals surface area (Å²) in [6.07, 6.45) is 3.90. The summed E-state index contributed by atoms with van der Waals surface area (Å²) in [6, 6.07) is 0. The monoisotopic (exact) mass is 183 g/mol. The highest BCUT2D eigenvalue weighted by molar-refractivity contribution is 4.86. The third-order valence-corrected chi connectivity index (χ3v) is 3.50. The van der Waals surface area contributed by atoms with Crippen LogP contribution in [0.4, 0.5) is 0 Å². The van der Waals surface area contributed by atoms with Gasteiger partial charge in [-0.3, -0.25) is 0 Å². The summed E-state index contributed by atoms with van der Waals surface area (Å²) in [6.45, 7) is 7.88. The van der Waals surface area contributed by atoms with Crippen LogP contribution < -0.4 is 5.32 Å². The number of hydrogen-bond acceptors (Lipinski definition) is 2. The predicted octanol–water partition coefficient (Wildman–Crippen LogP) is 1.80. The molecular weight excluding hydrogens is 162 g/mol. The summed E-state index contributed by atoms with van der Waals surface area (Å²) >= 11 is 0. The van der Waals surface area contributed by atoms with E-state index >= 15 is 0 Å². The molecule has 0 aromatic carbocycles. The van der Waals surface area contributed by atoms with Crippen LogP contribution in [0, 0.1) is 11.8 Å². The van der Waals surface area contributed by atoms with Gasteiger partial charge in [0.25, 0.3) is 0 Å². The molecular formula is C11H21NO. The molecule has 0 aliphatic carbocycles. The van der Waals surface area contributed by atoms with Crippen LogP contribution in [0.2, 0.25) is 0 Å². The molecule has 2 nitrogen and oxygen atoms in total. The lowest BCUT2D eigenvalue weighted by Crippen LogP contribution is -2.37. The van der Waals surface area contributed by atoms with E-state index in [9.17, 15) is 0 Å². The lowest BCUT2D eigenvalue weighted by molar-refractivity contribution is -0.0810. The van der Waals surface area contributed by atoms with Crippen molar-refractivity contribution >= 4 is 0 Å². The quantitative estimate of drug-likeness (QED) is 0.669. The second-order valence-corrected chi connectivity index (χ2v) is 5.11. The first kappa shape index (κ1) is 9.47. The minimum absolute atomic E-state index is 0.130. The van der Waals surface area contributed by atoms with E-state index in [1.54, 1.807) is 0 Å². The van der Waals surface area contributed by atoms with Crippen LogP contribution in [-0.4, -0.2) is 25.3 Å². The molecule has 2 saturated heterocycles. The first-order valence-corrected chi connectivity index (χ1v) is 5.52. The lowest BCUT2D eigenvalue weighted by atomic mass is 9.79. The molecule has 0 saturated carbocycles. The van der Waals surface area contributed by atoms with E-state index < -0.39 is 0 Å². The molecule has 2 heteroatoms. The van der Waals surface area contributed by atoms with Crippen molar-refractivity contribution in [3.05, 3.63) is 0 Å². The largest absolute Gasteiger partial charge is 0.376 e. The Balaban J connectivity index is 1.91. The third-order valence-electron chi connectivity index (χ3n) is 3.50. The van der Waals surface area contributed by atoms with Crippen molar-refractivity contribution < 1.29 is 4.74 Å². The van der Waals surface area contributed by atoms with Crippen molar-refractivity contribution in [3.8, 4) is 0 Å². The molecule has 0 aromatic heterocycles. The van der Waals surface area contributed by atoms with Gasteiger partial charge in [0.2, 0.25) is 0 Å². The maximum atomic E-state index is 5.73. The first-order valence-electron chi connectivity index (χ1n) is 5.52. The van der Waals surface area contributed by atoms with Gasteiger partial charge in [-0.05, 0) is 58.0 Å². The van der Waals surface area contributed by atoms with Gasteiger partial charge in [-0.2, -0.15) is 0 Å². The summed E-state index contributed by atoms with van der Waals surface area (Å²) in [4.78, 5) is 0. The lowest BCUT2D eigenvalue weighted by Gasteiger charge is -2.38. The topological polar surface area (TPSA) is 21.3 Å². The molecule has 2 aliphatic heterocycles. The number of nitrogens with one attached hydrogen (secondary N) is 1. The summed E-state index contributed by atoms with van der Waals surface area (Å²) in [7, 11) is 0. The van der Waals surface area contributed by atoms with Gasteiger partial charge >= 0.3 is 0 Å². The van der Waals surface area contributed by atoms with Crippen LogP contribution in [-0.2, 0) is 4.74 Å². The molecule has 2 atom stereocenters. The molecule has 2 fully saturated rings. The maximum absolute atomic E-state index is 5.73. The Hall–Kier alpha value is -0.0800. The van der Waals surface area contributed by atoms with Gasteiger partial charge in [0, 0.05) is 6.61 Å². The van der Waals surface area contributed by atoms with Crippen molar-refractivity contribution in [3.63, 3.8) is 0 Å². The number of rotatable bonds is 1. The summed E-state index contributed by atoms with van der Waals surface area (Å²) < 4.78 is 5.73. The highest BCUT2D eigenvalue weighted by atomic mass is 16.5. The minimum Gasteiger partial charge on any atom is -0.376 e. The molecule has 2 rings (SSSR count). The van der Waals surface area contributed by atoms with Crippen LogP contribution in [0.3, 0.4) is 0 Å². The van der Waals surface area contributed by atoms with Gasteiger partial charge in [-0.25, -0.2) is 0 Å². The van der Waals surface area contributed by atoms with Crippen LogP contribution in [0.25, 0.3) is 0 Å². The molecule has 0 bridgehead atoms. The Morgan fingerprint density at radius 3 is 2.69 bits per heavy atom. The molecule has 2 heterocycles. The van der Waals surface area contributed by atoms with Gasteiger partial charge in [0.05, 0.1) is 5.60 Å². The van der Waals surface area contributed by atoms with Crippen LogP contribution >= 0.6 is 0 Å². The molecule has 13 heavy (non-hydrogen) atoms. The van der Waals surface area contributed by atoms with Crippen molar-refractivity contribution in [2.24, 2.45) is 11.8 Å². The van der Waals surface area contributed by atoms with Crippen molar-refractivity contribution in [1.82, 2.24) is 5.32 Å². The fraction of sp³-hybridized carbons (Fsp3) is 1.00. The molecule has 76 valence electrons. The van der Waals surface area contributed by atoms with E-state index in [1.807, 2.05) is 0 Å². The zero-order chi connectivity index (χ0) is 9.31. The number of hydrogen-bond donors (Lipinski definition) is 1. The SMILES string of the molecule is CC1(C)CC(C2CCNC2)CCO1. The molecule has 2 unspecified atom stereocenters. The van der Waals surface area contributed by atoms with Crippen LogP contribution in [0.5, 0.6) is 0 Å². The van der Waals surface area contributed by atoms with Gasteiger partial charge in [0.15, 0.2) is 0 Å². The van der Waals surface area contributed by atoms with Gasteiger partial charge in [0.1, 0.15) is 0 Å². The van der Waals surface area contributed by atoms with Gasteiger partial charge in [-0.1, -0.05) is 0 Å². The normalized spacial score (nSPS) is 39.2. The predicted molar refractivity (Wildman–Crippen MR) is 53.7 cm³/mol. The molecule has 0 aromatic rings. The minimum atomic E-state index is 0.130. The Kier molecular flexibility index (Phi) is 2.61. The zero-order valence-electron chi connectivity index (χ0n) is 8.81. The third kappa shape index (κ3) is 2.23. The van der Waals surface area contributed by atoms with Crippen molar-refractivity contribution in [2.75, 3.05) is 19.7 Å². The van der Waals surface area contributed by atoms with E-state index in [2.05, 4.69) is 19.2 Å². The second-order valence-electron chi connectivity index (χ2n) is 5.11. The summed E-state index contributed by atoms with van der Waals surface area (Å²) in [5.41, 5.74) is 0.130. The smallest absolute Gasteiger partial charge is 0.0629 e. The average Bonchev–Trinajstić information content (AvgIpc) is 2.53. The summed E-state index contributed by atoms with van der Waals surface area (Å²) in [5, 5.41) is 3.46. The Morgan fingerprint density at radius 1 is 1.23 bits per heavy atom. The Morgan fingerprint density at radius 2 is 2.08 bits per heavy atom. The fourth-order valence-electron chi connectivity index (χ4n) is 2.76. The molecule has 0 radical (unpaired) electrons. The first-order chi connectivity index (χ1) is 6.17. The molecule has 2 aliphatic rings. The Bertz CT molecular complexity index is 173. The number of ether oxygens (including phenoxy) is 1. The zero-order valence-corrected chi connectivity index (χ0v) is 8.81. The highest BCUT2D eigenvalue weighted by Crippen LogP contribution is 2.35. The maximum Gasteiger partial charge on any atom is 0.0629 e. The van der Waals surface area contributed by atoms with E-state index in [-0.39, 0.29) is 5.60 Å². The molecule has 0 spiro atoms. The van der Waals surface area contributed by atoms with Gasteiger partial charge in [-0.15, -0.1) is 0 Å². The van der Waals surface area contributed by atoms with Crippen molar-refractivity contribution in [1.29, 1.82) is 0 Å².